The number of aryl methyl sites for hydroxylation is 1. The van der Waals surface area contributed by atoms with Crippen molar-refractivity contribution in [3.05, 3.63) is 41.6 Å². The van der Waals surface area contributed by atoms with Crippen molar-refractivity contribution in [2.24, 2.45) is 0 Å². The Bertz CT molecular complexity index is 339. The molecular weight excluding hydrogens is 158 g/mol. The average Bonchev–Trinajstić information content (AvgIpc) is 2.27. The quantitative estimate of drug-likeness (QED) is 0.583. The van der Waals surface area contributed by atoms with E-state index in [1.807, 2.05) is 0 Å². The molecule has 68 valence electrons. The Morgan fingerprint density at radius 3 is 2.77 bits per heavy atom. The monoisotopic (exact) mass is 173 g/mol. The zero-order valence-corrected chi connectivity index (χ0v) is 8.25. The van der Waals surface area contributed by atoms with Gasteiger partial charge in [-0.3, -0.25) is 0 Å². The van der Waals surface area contributed by atoms with E-state index < -0.39 is 0 Å². The van der Waals surface area contributed by atoms with Crippen LogP contribution in [0.15, 0.2) is 36.0 Å². The fraction of sp³-hybridized carbons (Fsp3) is 0.333. The Hall–Kier alpha value is -1.24. The van der Waals surface area contributed by atoms with Gasteiger partial charge in [-0.1, -0.05) is 23.8 Å². The maximum absolute atomic E-state index is 2.23. The highest BCUT2D eigenvalue weighted by Crippen LogP contribution is 2.25. The molecule has 0 atom stereocenters. The van der Waals surface area contributed by atoms with E-state index >= 15 is 0 Å². The number of rotatable bonds is 0. The summed E-state index contributed by atoms with van der Waals surface area (Å²) in [6, 6.07) is 8.62. The number of para-hydroxylation sites is 1. The van der Waals surface area contributed by atoms with Crippen LogP contribution in [0.2, 0.25) is 0 Å². The third kappa shape index (κ3) is 1.59. The number of anilines is 1. The van der Waals surface area contributed by atoms with Crippen LogP contribution in [0.4, 0.5) is 5.69 Å². The molecule has 0 fully saturated rings. The number of nitrogens with zero attached hydrogens (tertiary/aromatic N) is 1. The highest BCUT2D eigenvalue weighted by atomic mass is 15.1. The standard InChI is InChI=1S/C12H15N/c1-10-7-8-11-5-3-4-6-12(11)13(2)9-10/h3-6,9H,7-8H2,1-2H3. The minimum atomic E-state index is 1.17. The second-order valence-corrected chi connectivity index (χ2v) is 3.72. The predicted molar refractivity (Wildman–Crippen MR) is 56.9 cm³/mol. The first-order chi connectivity index (χ1) is 6.27. The van der Waals surface area contributed by atoms with Gasteiger partial charge in [0.15, 0.2) is 0 Å². The van der Waals surface area contributed by atoms with Crippen molar-refractivity contribution in [1.82, 2.24) is 0 Å². The summed E-state index contributed by atoms with van der Waals surface area (Å²) in [5.74, 6) is 0. The van der Waals surface area contributed by atoms with Crippen LogP contribution >= 0.6 is 0 Å². The molecule has 13 heavy (non-hydrogen) atoms. The van der Waals surface area contributed by atoms with Gasteiger partial charge in [0.05, 0.1) is 0 Å². The summed E-state index contributed by atoms with van der Waals surface area (Å²) in [4.78, 5) is 2.22. The van der Waals surface area contributed by atoms with Crippen LogP contribution in [0.3, 0.4) is 0 Å². The number of hydrogen-bond acceptors (Lipinski definition) is 1. The van der Waals surface area contributed by atoms with Crippen LogP contribution in [0.25, 0.3) is 0 Å². The van der Waals surface area contributed by atoms with Crippen LogP contribution < -0.4 is 4.90 Å². The van der Waals surface area contributed by atoms with Gasteiger partial charge < -0.3 is 4.90 Å². The molecule has 1 heteroatoms. The van der Waals surface area contributed by atoms with E-state index in [-0.39, 0.29) is 0 Å². The molecule has 1 nitrogen and oxygen atoms in total. The zero-order chi connectivity index (χ0) is 9.26. The van der Waals surface area contributed by atoms with E-state index in [4.69, 9.17) is 0 Å². The summed E-state index contributed by atoms with van der Waals surface area (Å²) in [6.45, 7) is 2.20. The van der Waals surface area contributed by atoms with Crippen LogP contribution in [0.1, 0.15) is 18.9 Å². The molecule has 1 aromatic carbocycles. The summed E-state index contributed by atoms with van der Waals surface area (Å²) in [6.07, 6.45) is 4.58. The van der Waals surface area contributed by atoms with E-state index in [1.165, 1.54) is 29.7 Å². The molecule has 0 bridgehead atoms. The van der Waals surface area contributed by atoms with Crippen LogP contribution in [0, 0.1) is 0 Å². The minimum Gasteiger partial charge on any atom is -0.351 e. The number of hydrogen-bond donors (Lipinski definition) is 0. The lowest BCUT2D eigenvalue weighted by atomic mass is 10.1. The fourth-order valence-corrected chi connectivity index (χ4v) is 1.86. The topological polar surface area (TPSA) is 3.24 Å². The van der Waals surface area contributed by atoms with Crippen LogP contribution in [-0.4, -0.2) is 7.05 Å². The van der Waals surface area contributed by atoms with Gasteiger partial charge in [-0.25, -0.2) is 0 Å². The van der Waals surface area contributed by atoms with Gasteiger partial charge in [0.1, 0.15) is 0 Å². The van der Waals surface area contributed by atoms with Gasteiger partial charge >= 0.3 is 0 Å². The Morgan fingerprint density at radius 1 is 1.15 bits per heavy atom. The summed E-state index contributed by atoms with van der Waals surface area (Å²) in [5.41, 5.74) is 4.26. The summed E-state index contributed by atoms with van der Waals surface area (Å²) in [5, 5.41) is 0. The molecule has 2 rings (SSSR count). The minimum absolute atomic E-state index is 1.17. The zero-order valence-electron chi connectivity index (χ0n) is 8.25. The molecule has 0 aliphatic carbocycles. The van der Waals surface area contributed by atoms with E-state index in [1.54, 1.807) is 0 Å². The first-order valence-corrected chi connectivity index (χ1v) is 4.75. The fourth-order valence-electron chi connectivity index (χ4n) is 1.86. The molecule has 0 N–H and O–H groups in total. The highest BCUT2D eigenvalue weighted by molar-refractivity contribution is 5.56. The molecule has 0 aromatic heterocycles. The molecular formula is C12H15N. The molecule has 0 radical (unpaired) electrons. The first-order valence-electron chi connectivity index (χ1n) is 4.75. The third-order valence-electron chi connectivity index (χ3n) is 2.57. The van der Waals surface area contributed by atoms with E-state index in [0.29, 0.717) is 0 Å². The average molecular weight is 173 g/mol. The van der Waals surface area contributed by atoms with Crippen molar-refractivity contribution >= 4 is 5.69 Å². The van der Waals surface area contributed by atoms with Gasteiger partial charge in [0, 0.05) is 18.9 Å². The smallest absolute Gasteiger partial charge is 0.0436 e. The molecule has 0 saturated carbocycles. The molecule has 1 heterocycles. The number of fused-ring (bicyclic) bond motifs is 1. The van der Waals surface area contributed by atoms with Gasteiger partial charge in [-0.05, 0) is 31.4 Å². The maximum Gasteiger partial charge on any atom is 0.0436 e. The van der Waals surface area contributed by atoms with Crippen molar-refractivity contribution in [3.8, 4) is 0 Å². The van der Waals surface area contributed by atoms with Crippen molar-refractivity contribution in [2.45, 2.75) is 19.8 Å². The number of benzene rings is 1. The maximum atomic E-state index is 2.23. The predicted octanol–water partition coefficient (Wildman–Crippen LogP) is 2.97. The van der Waals surface area contributed by atoms with Gasteiger partial charge in [-0.2, -0.15) is 0 Å². The second kappa shape index (κ2) is 3.25. The summed E-state index contributed by atoms with van der Waals surface area (Å²) in [7, 11) is 2.12. The normalized spacial score (nSPS) is 16.2. The van der Waals surface area contributed by atoms with E-state index in [9.17, 15) is 0 Å². The van der Waals surface area contributed by atoms with Crippen molar-refractivity contribution in [2.75, 3.05) is 11.9 Å². The van der Waals surface area contributed by atoms with Crippen molar-refractivity contribution < 1.29 is 0 Å². The molecule has 0 spiro atoms. The lowest BCUT2D eigenvalue weighted by Crippen LogP contribution is -2.08. The summed E-state index contributed by atoms with van der Waals surface area (Å²) < 4.78 is 0. The Labute approximate surface area is 79.7 Å². The molecule has 0 saturated heterocycles. The Kier molecular flexibility index (Phi) is 2.09. The van der Waals surface area contributed by atoms with Crippen molar-refractivity contribution in [3.63, 3.8) is 0 Å². The SMILES string of the molecule is CC1=CN(C)c2ccccc2CC1. The van der Waals surface area contributed by atoms with Crippen LogP contribution in [0.5, 0.6) is 0 Å². The second-order valence-electron chi connectivity index (χ2n) is 3.72. The van der Waals surface area contributed by atoms with Gasteiger partial charge in [0.25, 0.3) is 0 Å². The lowest BCUT2D eigenvalue weighted by molar-refractivity contribution is 0.953. The highest BCUT2D eigenvalue weighted by Gasteiger charge is 2.09. The molecule has 0 unspecified atom stereocenters. The lowest BCUT2D eigenvalue weighted by Gasteiger charge is -2.15. The Balaban J connectivity index is 2.44. The molecule has 0 amide bonds. The van der Waals surface area contributed by atoms with Gasteiger partial charge in [0.2, 0.25) is 0 Å². The van der Waals surface area contributed by atoms with Gasteiger partial charge in [-0.15, -0.1) is 0 Å². The van der Waals surface area contributed by atoms with E-state index in [2.05, 4.69) is 49.3 Å². The molecule has 1 aromatic rings. The first kappa shape index (κ1) is 8.36. The molecule has 1 aliphatic heterocycles. The third-order valence-corrected chi connectivity index (χ3v) is 2.57. The largest absolute Gasteiger partial charge is 0.351 e. The summed E-state index contributed by atoms with van der Waals surface area (Å²) >= 11 is 0. The van der Waals surface area contributed by atoms with Crippen molar-refractivity contribution in [1.29, 1.82) is 0 Å². The van der Waals surface area contributed by atoms with E-state index in [0.717, 1.165) is 0 Å². The Morgan fingerprint density at radius 2 is 1.92 bits per heavy atom. The molecule has 1 aliphatic rings. The van der Waals surface area contributed by atoms with Crippen LogP contribution in [-0.2, 0) is 6.42 Å². The number of allylic oxidation sites excluding steroid dienone is 1.